The molecule has 0 aliphatic heterocycles. The van der Waals surface area contributed by atoms with E-state index in [1.807, 2.05) is 6.20 Å². The maximum absolute atomic E-state index is 4.10. The van der Waals surface area contributed by atoms with E-state index in [4.69, 9.17) is 0 Å². The molecule has 0 aliphatic rings. The summed E-state index contributed by atoms with van der Waals surface area (Å²) in [5, 5.41) is 0. The van der Waals surface area contributed by atoms with E-state index >= 15 is 0 Å². The van der Waals surface area contributed by atoms with Crippen molar-refractivity contribution in [3.05, 3.63) is 11.9 Å². The molecular weight excluding hydrogens is 212 g/mol. The fourth-order valence-corrected chi connectivity index (χ4v) is 1.33. The van der Waals surface area contributed by atoms with Crippen molar-refractivity contribution < 1.29 is 0 Å². The third-order valence-corrected chi connectivity index (χ3v) is 2.18. The Bertz CT molecular complexity index is 174. The number of nitrogens with zero attached hydrogens (tertiary/aromatic N) is 2. The van der Waals surface area contributed by atoms with E-state index < -0.39 is 0 Å². The van der Waals surface area contributed by atoms with Gasteiger partial charge in [0.2, 0.25) is 0 Å². The second-order valence-electron chi connectivity index (χ2n) is 2.22. The molecule has 1 aromatic rings. The number of rotatable bonds is 3. The Balaban J connectivity index is 2.28. The predicted molar refractivity (Wildman–Crippen MR) is 46.6 cm³/mol. The number of hydrogen-bond acceptors (Lipinski definition) is 3. The minimum atomic E-state index is 0.578. The number of hydrogen-bond donors (Lipinski definition) is 0. The Labute approximate surface area is 73.1 Å². The first kappa shape index (κ1) is 8.14. The van der Waals surface area contributed by atoms with E-state index in [2.05, 4.69) is 31.6 Å². The van der Waals surface area contributed by atoms with E-state index in [1.165, 1.54) is 11.7 Å². The molecule has 56 valence electrons. The molecule has 10 heavy (non-hydrogen) atoms. The van der Waals surface area contributed by atoms with E-state index in [9.17, 15) is 0 Å². The zero-order valence-electron chi connectivity index (χ0n) is 5.75. The highest BCUT2D eigenvalue weighted by Crippen LogP contribution is 2.08. The van der Waals surface area contributed by atoms with Gasteiger partial charge in [0.25, 0.3) is 0 Å². The molecule has 0 radical (unpaired) electrons. The lowest BCUT2D eigenvalue weighted by molar-refractivity contribution is 0.808. The third-order valence-electron chi connectivity index (χ3n) is 1.21. The van der Waals surface area contributed by atoms with Crippen molar-refractivity contribution in [1.82, 2.24) is 8.75 Å². The van der Waals surface area contributed by atoms with Gasteiger partial charge in [0.15, 0.2) is 0 Å². The van der Waals surface area contributed by atoms with Crippen molar-refractivity contribution in [2.24, 2.45) is 0 Å². The molecule has 0 amide bonds. The molecule has 0 bridgehead atoms. The number of aryl methyl sites for hydroxylation is 1. The van der Waals surface area contributed by atoms with Crippen LogP contribution in [0.4, 0.5) is 0 Å². The first-order valence-corrected chi connectivity index (χ1v) is 4.84. The average Bonchev–Trinajstić information content (AvgIpc) is 2.34. The van der Waals surface area contributed by atoms with Crippen molar-refractivity contribution in [1.29, 1.82) is 0 Å². The molecule has 2 nitrogen and oxygen atoms in total. The lowest BCUT2D eigenvalue weighted by Crippen LogP contribution is -1.93. The van der Waals surface area contributed by atoms with Crippen LogP contribution >= 0.6 is 27.7 Å². The molecule has 4 heteroatoms. The van der Waals surface area contributed by atoms with Crippen LogP contribution in [0.1, 0.15) is 19.0 Å². The van der Waals surface area contributed by atoms with Crippen molar-refractivity contribution >= 4 is 27.7 Å². The molecule has 0 aromatic carbocycles. The average molecular weight is 221 g/mol. The molecule has 0 saturated carbocycles. The van der Waals surface area contributed by atoms with Gasteiger partial charge in [-0.3, -0.25) is 0 Å². The van der Waals surface area contributed by atoms with Crippen LogP contribution in [0.3, 0.4) is 0 Å². The summed E-state index contributed by atoms with van der Waals surface area (Å²) in [6.45, 7) is 2.14. The summed E-state index contributed by atoms with van der Waals surface area (Å²) in [5.41, 5.74) is 1.11. The molecule has 1 rings (SSSR count). The molecule has 0 saturated heterocycles. The number of aromatic nitrogens is 2. The molecule has 1 atom stereocenters. The fraction of sp³-hybridized carbons (Fsp3) is 0.667. The van der Waals surface area contributed by atoms with Crippen LogP contribution in [0.5, 0.6) is 0 Å². The predicted octanol–water partition coefficient (Wildman–Crippen LogP) is 2.25. The minimum Gasteiger partial charge on any atom is -0.181 e. The molecule has 1 unspecified atom stereocenters. The zero-order chi connectivity index (χ0) is 7.40. The molecule has 1 aromatic heterocycles. The summed E-state index contributed by atoms with van der Waals surface area (Å²) < 4.78 is 8.01. The van der Waals surface area contributed by atoms with Gasteiger partial charge in [-0.1, -0.05) is 22.9 Å². The van der Waals surface area contributed by atoms with Crippen molar-refractivity contribution in [2.45, 2.75) is 24.6 Å². The number of alkyl halides is 1. The second-order valence-corrected chi connectivity index (χ2v) is 4.34. The summed E-state index contributed by atoms with van der Waals surface area (Å²) in [4.78, 5) is 0.578. The Morgan fingerprint density at radius 2 is 2.60 bits per heavy atom. The monoisotopic (exact) mass is 220 g/mol. The highest BCUT2D eigenvalue weighted by atomic mass is 79.9. The van der Waals surface area contributed by atoms with Crippen LogP contribution in [-0.4, -0.2) is 13.6 Å². The standard InChI is InChI=1S/C6H9BrN2S/c1-5(7)2-3-6-4-8-10-9-6/h4-5H,2-3H2,1H3. The van der Waals surface area contributed by atoms with Gasteiger partial charge in [0, 0.05) is 4.83 Å². The van der Waals surface area contributed by atoms with Crippen LogP contribution in [0, 0.1) is 0 Å². The van der Waals surface area contributed by atoms with Crippen molar-refractivity contribution in [3.63, 3.8) is 0 Å². The van der Waals surface area contributed by atoms with Gasteiger partial charge in [0.05, 0.1) is 23.6 Å². The molecule has 0 fully saturated rings. The summed E-state index contributed by atoms with van der Waals surface area (Å²) in [7, 11) is 0. The van der Waals surface area contributed by atoms with Crippen LogP contribution in [0.15, 0.2) is 6.20 Å². The summed E-state index contributed by atoms with van der Waals surface area (Å²) >= 11 is 4.75. The Morgan fingerprint density at radius 3 is 3.10 bits per heavy atom. The SMILES string of the molecule is CC(Br)CCc1cnsn1. The lowest BCUT2D eigenvalue weighted by Gasteiger charge is -1.97. The lowest BCUT2D eigenvalue weighted by atomic mass is 10.2. The van der Waals surface area contributed by atoms with E-state index in [1.54, 1.807) is 0 Å². The van der Waals surface area contributed by atoms with Gasteiger partial charge in [-0.05, 0) is 12.8 Å². The summed E-state index contributed by atoms with van der Waals surface area (Å²) in [5.74, 6) is 0. The maximum Gasteiger partial charge on any atom is 0.0743 e. The maximum atomic E-state index is 4.10. The van der Waals surface area contributed by atoms with Gasteiger partial charge in [-0.25, -0.2) is 0 Å². The van der Waals surface area contributed by atoms with Crippen molar-refractivity contribution in [3.8, 4) is 0 Å². The highest BCUT2D eigenvalue weighted by molar-refractivity contribution is 9.09. The Hall–Kier alpha value is 0.0400. The normalized spacial score (nSPS) is 13.4. The highest BCUT2D eigenvalue weighted by Gasteiger charge is 1.99. The van der Waals surface area contributed by atoms with Gasteiger partial charge in [0.1, 0.15) is 0 Å². The first-order chi connectivity index (χ1) is 4.79. The van der Waals surface area contributed by atoms with E-state index in [0.29, 0.717) is 4.83 Å². The van der Waals surface area contributed by atoms with Crippen molar-refractivity contribution in [2.75, 3.05) is 0 Å². The zero-order valence-corrected chi connectivity index (χ0v) is 8.15. The van der Waals surface area contributed by atoms with Crippen LogP contribution < -0.4 is 0 Å². The topological polar surface area (TPSA) is 25.8 Å². The van der Waals surface area contributed by atoms with Crippen LogP contribution in [0.25, 0.3) is 0 Å². The quantitative estimate of drug-likeness (QED) is 0.731. The molecule has 1 heterocycles. The molecule has 0 aliphatic carbocycles. The first-order valence-electron chi connectivity index (χ1n) is 3.19. The van der Waals surface area contributed by atoms with Gasteiger partial charge in [-0.2, -0.15) is 8.75 Å². The number of halogens is 1. The minimum absolute atomic E-state index is 0.578. The Kier molecular flexibility index (Phi) is 3.28. The van der Waals surface area contributed by atoms with Crippen LogP contribution in [0.2, 0.25) is 0 Å². The smallest absolute Gasteiger partial charge is 0.0743 e. The molecule has 0 spiro atoms. The van der Waals surface area contributed by atoms with Crippen LogP contribution in [-0.2, 0) is 6.42 Å². The van der Waals surface area contributed by atoms with Gasteiger partial charge >= 0.3 is 0 Å². The Morgan fingerprint density at radius 1 is 1.80 bits per heavy atom. The second kappa shape index (κ2) is 4.03. The fourth-order valence-electron chi connectivity index (χ4n) is 0.641. The summed E-state index contributed by atoms with van der Waals surface area (Å²) in [6, 6.07) is 0. The van der Waals surface area contributed by atoms with E-state index in [-0.39, 0.29) is 0 Å². The molecule has 0 N–H and O–H groups in total. The molecular formula is C6H9BrN2S. The largest absolute Gasteiger partial charge is 0.181 e. The third kappa shape index (κ3) is 2.75. The van der Waals surface area contributed by atoms with Gasteiger partial charge < -0.3 is 0 Å². The van der Waals surface area contributed by atoms with E-state index in [0.717, 1.165) is 18.5 Å². The van der Waals surface area contributed by atoms with Gasteiger partial charge in [-0.15, -0.1) is 0 Å². The summed E-state index contributed by atoms with van der Waals surface area (Å²) in [6.07, 6.45) is 3.99.